The summed E-state index contributed by atoms with van der Waals surface area (Å²) in [4.78, 5) is 24.3. The van der Waals surface area contributed by atoms with Gasteiger partial charge in [-0.05, 0) is 72.6 Å². The van der Waals surface area contributed by atoms with Crippen LogP contribution >= 0.6 is 23.2 Å². The predicted octanol–water partition coefficient (Wildman–Crippen LogP) is 6.21. The number of anilines is 1. The van der Waals surface area contributed by atoms with Gasteiger partial charge in [0.1, 0.15) is 17.1 Å². The van der Waals surface area contributed by atoms with Gasteiger partial charge in [0.05, 0.1) is 6.04 Å². The molecular weight excluding hydrogens is 522 g/mol. The van der Waals surface area contributed by atoms with E-state index in [1.807, 2.05) is 43.3 Å². The minimum Gasteiger partial charge on any atom is -0.358 e. The topological polar surface area (TPSA) is 47.9 Å². The zero-order valence-electron chi connectivity index (χ0n) is 21.3. The standard InChI is InChI=1S/C30H29Cl2FN4O/c1-18-6-8-22(33)16-23(18)28-30(24-9-7-21(32)15-26(24)34-29(30)38)25(19-4-3-5-20(31)14-19)17-27(35-28)37-12-10-36(2)11-13-37/h3-9,14-16,25,28H,10-13,17H2,1-2H3,(H,34,38)/t25-,28+,30-/m1/s1. The molecule has 1 saturated heterocycles. The average Bonchev–Trinajstić information content (AvgIpc) is 3.17. The fraction of sp³-hybridized carbons (Fsp3) is 0.333. The molecule has 0 aromatic heterocycles. The van der Waals surface area contributed by atoms with Crippen LogP contribution in [0.5, 0.6) is 0 Å². The van der Waals surface area contributed by atoms with E-state index >= 15 is 0 Å². The summed E-state index contributed by atoms with van der Waals surface area (Å²) in [7, 11) is 2.12. The van der Waals surface area contributed by atoms with Crippen molar-refractivity contribution in [2.24, 2.45) is 4.99 Å². The summed E-state index contributed by atoms with van der Waals surface area (Å²) in [6.45, 7) is 5.50. The Morgan fingerprint density at radius 3 is 2.53 bits per heavy atom. The van der Waals surface area contributed by atoms with Gasteiger partial charge >= 0.3 is 0 Å². The Hall–Kier alpha value is -2.93. The van der Waals surface area contributed by atoms with Crippen LogP contribution in [0.2, 0.25) is 10.0 Å². The number of carbonyl (C=O) groups is 1. The van der Waals surface area contributed by atoms with E-state index < -0.39 is 11.5 Å². The van der Waals surface area contributed by atoms with Gasteiger partial charge in [-0.1, -0.05) is 47.5 Å². The van der Waals surface area contributed by atoms with Crippen molar-refractivity contribution in [3.8, 4) is 0 Å². The van der Waals surface area contributed by atoms with E-state index in [2.05, 4.69) is 22.2 Å². The van der Waals surface area contributed by atoms with Gasteiger partial charge in [0, 0.05) is 54.3 Å². The van der Waals surface area contributed by atoms with Gasteiger partial charge in [-0.25, -0.2) is 4.39 Å². The number of carbonyl (C=O) groups excluding carboxylic acids is 1. The Bertz CT molecular complexity index is 1450. The first kappa shape index (κ1) is 25.4. The zero-order valence-corrected chi connectivity index (χ0v) is 22.9. The first-order valence-corrected chi connectivity index (χ1v) is 13.7. The Balaban J connectivity index is 1.64. The number of nitrogens with one attached hydrogen (secondary N) is 1. The van der Waals surface area contributed by atoms with Gasteiger partial charge in [-0.15, -0.1) is 0 Å². The monoisotopic (exact) mass is 550 g/mol. The lowest BCUT2D eigenvalue weighted by molar-refractivity contribution is -0.122. The minimum absolute atomic E-state index is 0.158. The van der Waals surface area contributed by atoms with Gasteiger partial charge in [0.25, 0.3) is 0 Å². The van der Waals surface area contributed by atoms with E-state index in [0.717, 1.165) is 48.7 Å². The van der Waals surface area contributed by atoms with Crippen molar-refractivity contribution in [3.05, 3.63) is 98.8 Å². The van der Waals surface area contributed by atoms with E-state index in [-0.39, 0.29) is 17.6 Å². The molecule has 38 heavy (non-hydrogen) atoms. The van der Waals surface area contributed by atoms with Crippen molar-refractivity contribution in [2.75, 3.05) is 38.5 Å². The van der Waals surface area contributed by atoms with Gasteiger partial charge in [0.15, 0.2) is 0 Å². The number of aliphatic imine (C=N–C) groups is 1. The zero-order chi connectivity index (χ0) is 26.6. The first-order valence-electron chi connectivity index (χ1n) is 12.9. The molecule has 1 N–H and O–H groups in total. The minimum atomic E-state index is -1.11. The molecule has 0 aliphatic carbocycles. The number of hydrogen-bond acceptors (Lipinski definition) is 4. The number of benzene rings is 3. The van der Waals surface area contributed by atoms with Crippen molar-refractivity contribution in [1.29, 1.82) is 0 Å². The van der Waals surface area contributed by atoms with Crippen LogP contribution in [0.1, 0.15) is 40.6 Å². The van der Waals surface area contributed by atoms with E-state index in [1.165, 1.54) is 12.1 Å². The van der Waals surface area contributed by atoms with Crippen LogP contribution in [0, 0.1) is 12.7 Å². The summed E-state index contributed by atoms with van der Waals surface area (Å²) in [6.07, 6.45) is 0.560. The maximum atomic E-state index is 14.8. The highest BCUT2D eigenvalue weighted by Crippen LogP contribution is 2.59. The molecule has 0 bridgehead atoms. The Morgan fingerprint density at radius 2 is 1.76 bits per heavy atom. The smallest absolute Gasteiger partial charge is 0.238 e. The van der Waals surface area contributed by atoms with E-state index in [4.69, 9.17) is 28.2 Å². The molecule has 3 aliphatic heterocycles. The van der Waals surface area contributed by atoms with Crippen molar-refractivity contribution in [2.45, 2.75) is 30.7 Å². The van der Waals surface area contributed by atoms with Crippen molar-refractivity contribution < 1.29 is 9.18 Å². The third-order valence-corrected chi connectivity index (χ3v) is 8.82. The van der Waals surface area contributed by atoms with Gasteiger partial charge in [-0.3, -0.25) is 9.79 Å². The number of amides is 1. The molecular formula is C30H29Cl2FN4O. The number of fused-ring (bicyclic) bond motifs is 2. The molecule has 0 radical (unpaired) electrons. The van der Waals surface area contributed by atoms with Crippen molar-refractivity contribution in [1.82, 2.24) is 9.80 Å². The maximum Gasteiger partial charge on any atom is 0.238 e. The second-order valence-electron chi connectivity index (χ2n) is 10.6. The molecule has 3 aromatic rings. The van der Waals surface area contributed by atoms with Crippen LogP contribution in [0.15, 0.2) is 65.7 Å². The lowest BCUT2D eigenvalue weighted by Gasteiger charge is -2.47. The quantitative estimate of drug-likeness (QED) is 0.413. The Labute approximate surface area is 232 Å². The summed E-state index contributed by atoms with van der Waals surface area (Å²) in [5, 5.41) is 4.25. The number of nitrogens with zero attached hydrogens (tertiary/aromatic N) is 3. The summed E-state index contributed by atoms with van der Waals surface area (Å²) in [5.41, 5.74) is 2.94. The molecule has 1 fully saturated rings. The summed E-state index contributed by atoms with van der Waals surface area (Å²) >= 11 is 12.9. The predicted molar refractivity (Wildman–Crippen MR) is 151 cm³/mol. The first-order chi connectivity index (χ1) is 18.3. The Kier molecular flexibility index (Phi) is 6.45. The second kappa shape index (κ2) is 9.67. The summed E-state index contributed by atoms with van der Waals surface area (Å²) < 4.78 is 14.8. The fourth-order valence-corrected chi connectivity index (χ4v) is 6.75. The van der Waals surface area contributed by atoms with Crippen LogP contribution < -0.4 is 5.32 Å². The van der Waals surface area contributed by atoms with Crippen LogP contribution in [0.4, 0.5) is 10.1 Å². The number of halogens is 3. The molecule has 0 saturated carbocycles. The Morgan fingerprint density at radius 1 is 1.00 bits per heavy atom. The van der Waals surface area contributed by atoms with E-state index in [1.54, 1.807) is 12.1 Å². The van der Waals surface area contributed by atoms with Crippen molar-refractivity contribution >= 4 is 40.6 Å². The molecule has 3 aromatic carbocycles. The number of rotatable bonds is 2. The third-order valence-electron chi connectivity index (χ3n) is 8.35. The van der Waals surface area contributed by atoms with Crippen LogP contribution in [0.25, 0.3) is 0 Å². The molecule has 5 nitrogen and oxygen atoms in total. The average molecular weight is 551 g/mol. The normalized spacial score (nSPS) is 25.3. The highest BCUT2D eigenvalue weighted by molar-refractivity contribution is 6.31. The molecule has 196 valence electrons. The lowest BCUT2D eigenvalue weighted by atomic mass is 9.59. The number of aryl methyl sites for hydroxylation is 1. The third kappa shape index (κ3) is 4.10. The number of likely N-dealkylation sites (N-methyl/N-ethyl adjacent to an activating group) is 1. The van der Waals surface area contributed by atoms with Crippen LogP contribution in [0.3, 0.4) is 0 Å². The fourth-order valence-electron chi connectivity index (χ4n) is 6.38. The summed E-state index contributed by atoms with van der Waals surface area (Å²) in [6, 6.07) is 17.4. The van der Waals surface area contributed by atoms with Crippen LogP contribution in [-0.2, 0) is 10.2 Å². The highest BCUT2D eigenvalue weighted by atomic mass is 35.5. The van der Waals surface area contributed by atoms with Crippen LogP contribution in [-0.4, -0.2) is 54.8 Å². The maximum absolute atomic E-state index is 14.8. The second-order valence-corrected chi connectivity index (χ2v) is 11.4. The molecule has 1 amide bonds. The lowest BCUT2D eigenvalue weighted by Crippen LogP contribution is -2.53. The van der Waals surface area contributed by atoms with E-state index in [9.17, 15) is 9.18 Å². The van der Waals surface area contributed by atoms with E-state index in [0.29, 0.717) is 27.7 Å². The molecule has 6 rings (SSSR count). The van der Waals surface area contributed by atoms with Gasteiger partial charge < -0.3 is 15.1 Å². The van der Waals surface area contributed by atoms with Gasteiger partial charge in [0.2, 0.25) is 5.91 Å². The SMILES string of the molecule is Cc1ccc(F)cc1[C@@H]1N=C(N2CCN(C)CC2)C[C@H](c2cccc(Cl)c2)[C@@]12C(=O)Nc1cc(Cl)ccc12. The number of amidine groups is 1. The molecule has 3 heterocycles. The highest BCUT2D eigenvalue weighted by Gasteiger charge is 2.60. The van der Waals surface area contributed by atoms with Gasteiger partial charge in [-0.2, -0.15) is 0 Å². The molecule has 3 atom stereocenters. The molecule has 3 aliphatic rings. The summed E-state index contributed by atoms with van der Waals surface area (Å²) in [5.74, 6) is 0.146. The molecule has 8 heteroatoms. The largest absolute Gasteiger partial charge is 0.358 e. The van der Waals surface area contributed by atoms with Crippen molar-refractivity contribution in [3.63, 3.8) is 0 Å². The molecule has 1 spiro atoms. The molecule has 0 unspecified atom stereocenters. The number of hydrogen-bond donors (Lipinski definition) is 1. The number of piperazine rings is 1.